The van der Waals surface area contributed by atoms with Gasteiger partial charge in [0.25, 0.3) is 5.91 Å². The number of halogens is 1. The summed E-state index contributed by atoms with van der Waals surface area (Å²) in [6.07, 6.45) is 5.77. The zero-order chi connectivity index (χ0) is 14.4. The summed E-state index contributed by atoms with van der Waals surface area (Å²) in [5, 5.41) is 0.544. The molecule has 0 aromatic carbocycles. The van der Waals surface area contributed by atoms with Crippen molar-refractivity contribution in [3.63, 3.8) is 0 Å². The van der Waals surface area contributed by atoms with Crippen LogP contribution in [0.4, 0.5) is 0 Å². The van der Waals surface area contributed by atoms with Gasteiger partial charge in [-0.15, -0.1) is 0 Å². The Morgan fingerprint density at radius 2 is 2.35 bits per heavy atom. The molecule has 20 heavy (non-hydrogen) atoms. The third-order valence-corrected chi connectivity index (χ3v) is 3.70. The number of pyridine rings is 1. The summed E-state index contributed by atoms with van der Waals surface area (Å²) < 4.78 is 5.79. The number of rotatable bonds is 4. The van der Waals surface area contributed by atoms with Crippen LogP contribution in [0.5, 0.6) is 0 Å². The number of hydrogen-bond acceptors (Lipinski definition) is 3. The fourth-order valence-corrected chi connectivity index (χ4v) is 2.56. The molecule has 1 aromatic heterocycles. The average molecular weight is 297 g/mol. The van der Waals surface area contributed by atoms with E-state index in [0.29, 0.717) is 10.7 Å². The van der Waals surface area contributed by atoms with Gasteiger partial charge in [-0.05, 0) is 37.8 Å². The van der Waals surface area contributed by atoms with Crippen molar-refractivity contribution >= 4 is 17.5 Å². The molecule has 1 atom stereocenters. The Hall–Kier alpha value is -1.13. The Morgan fingerprint density at radius 1 is 1.50 bits per heavy atom. The summed E-state index contributed by atoms with van der Waals surface area (Å²) in [5.41, 5.74) is 0.422. The minimum atomic E-state index is -0.0383. The number of carbonyl (C=O) groups is 1. The van der Waals surface area contributed by atoms with Crippen LogP contribution in [0.25, 0.3) is 0 Å². The lowest BCUT2D eigenvalue weighted by Gasteiger charge is -2.20. The number of carbonyl (C=O) groups excluding carboxylic acids is 1. The number of likely N-dealkylation sites (tertiary alicyclic amines) is 1. The molecule has 0 saturated carbocycles. The number of ether oxygens (including phenoxy) is 1. The lowest BCUT2D eigenvalue weighted by Crippen LogP contribution is -2.32. The van der Waals surface area contributed by atoms with Crippen LogP contribution < -0.4 is 0 Å². The minimum absolute atomic E-state index is 0.0383. The van der Waals surface area contributed by atoms with Gasteiger partial charge in [-0.1, -0.05) is 18.5 Å². The fourth-order valence-electron chi connectivity index (χ4n) is 2.40. The summed E-state index contributed by atoms with van der Waals surface area (Å²) in [6.45, 7) is 4.40. The van der Waals surface area contributed by atoms with Gasteiger partial charge in [-0.2, -0.15) is 0 Å². The first-order valence-corrected chi connectivity index (χ1v) is 7.61. The van der Waals surface area contributed by atoms with Crippen molar-refractivity contribution in [3.05, 3.63) is 29.0 Å². The van der Waals surface area contributed by atoms with E-state index in [9.17, 15) is 4.79 Å². The van der Waals surface area contributed by atoms with Gasteiger partial charge < -0.3 is 9.64 Å². The zero-order valence-electron chi connectivity index (χ0n) is 11.8. The second kappa shape index (κ2) is 7.60. The van der Waals surface area contributed by atoms with Gasteiger partial charge in [-0.25, -0.2) is 0 Å². The van der Waals surface area contributed by atoms with E-state index in [1.54, 1.807) is 18.3 Å². The topological polar surface area (TPSA) is 42.4 Å². The maximum absolute atomic E-state index is 12.4. The van der Waals surface area contributed by atoms with E-state index in [-0.39, 0.29) is 12.0 Å². The predicted molar refractivity (Wildman–Crippen MR) is 79.0 cm³/mol. The van der Waals surface area contributed by atoms with E-state index in [1.807, 2.05) is 4.90 Å². The first-order valence-electron chi connectivity index (χ1n) is 7.23. The molecule has 0 radical (unpaired) electrons. The lowest BCUT2D eigenvalue weighted by atomic mass is 10.2. The van der Waals surface area contributed by atoms with Crippen molar-refractivity contribution in [1.29, 1.82) is 0 Å². The van der Waals surface area contributed by atoms with Crippen molar-refractivity contribution in [1.82, 2.24) is 9.88 Å². The van der Waals surface area contributed by atoms with E-state index in [0.717, 1.165) is 45.4 Å². The highest BCUT2D eigenvalue weighted by molar-refractivity contribution is 6.30. The van der Waals surface area contributed by atoms with E-state index < -0.39 is 0 Å². The highest BCUT2D eigenvalue weighted by atomic mass is 35.5. The highest BCUT2D eigenvalue weighted by Gasteiger charge is 2.22. The van der Waals surface area contributed by atoms with Crippen molar-refractivity contribution in [3.8, 4) is 0 Å². The summed E-state index contributed by atoms with van der Waals surface area (Å²) in [4.78, 5) is 18.4. The molecule has 1 aromatic rings. The SMILES string of the molecule is CCCO[C@@H]1CCCN(C(=O)c2cc(Cl)ccn2)CC1. The molecule has 5 heteroatoms. The molecule has 1 aliphatic heterocycles. The molecule has 0 unspecified atom stereocenters. The van der Waals surface area contributed by atoms with Gasteiger partial charge in [0.15, 0.2) is 0 Å². The lowest BCUT2D eigenvalue weighted by molar-refractivity contribution is 0.0432. The normalized spacial score (nSPS) is 19.7. The number of amides is 1. The van der Waals surface area contributed by atoms with Crippen molar-refractivity contribution in [2.75, 3.05) is 19.7 Å². The van der Waals surface area contributed by atoms with Crippen LogP contribution >= 0.6 is 11.6 Å². The van der Waals surface area contributed by atoms with Crippen LogP contribution in [0.2, 0.25) is 5.02 Å². The van der Waals surface area contributed by atoms with Crippen LogP contribution in [-0.4, -0.2) is 41.6 Å². The Labute approximate surface area is 125 Å². The molecule has 1 amide bonds. The molecule has 2 heterocycles. The minimum Gasteiger partial charge on any atom is -0.378 e. The average Bonchev–Trinajstić information content (AvgIpc) is 2.70. The van der Waals surface area contributed by atoms with Gasteiger partial charge in [0.1, 0.15) is 5.69 Å². The Balaban J connectivity index is 1.94. The molecule has 4 nitrogen and oxygen atoms in total. The standard InChI is InChI=1S/C15H21ClN2O2/c1-2-10-20-13-4-3-8-18(9-6-13)15(19)14-11-12(16)5-7-17-14/h5,7,11,13H,2-4,6,8-10H2,1H3/t13-/m1/s1. The van der Waals surface area contributed by atoms with Crippen LogP contribution in [0.1, 0.15) is 43.1 Å². The summed E-state index contributed by atoms with van der Waals surface area (Å²) in [7, 11) is 0. The largest absolute Gasteiger partial charge is 0.378 e. The fraction of sp³-hybridized carbons (Fsp3) is 0.600. The molecule has 1 saturated heterocycles. The first kappa shape index (κ1) is 15.3. The third kappa shape index (κ3) is 4.18. The molecule has 0 aliphatic carbocycles. The van der Waals surface area contributed by atoms with Gasteiger partial charge in [-0.3, -0.25) is 9.78 Å². The molecule has 0 N–H and O–H groups in total. The van der Waals surface area contributed by atoms with Gasteiger partial charge >= 0.3 is 0 Å². The summed E-state index contributed by atoms with van der Waals surface area (Å²) in [6, 6.07) is 3.30. The molecular weight excluding hydrogens is 276 g/mol. The number of hydrogen-bond donors (Lipinski definition) is 0. The Bertz CT molecular complexity index is 453. The molecule has 110 valence electrons. The number of aromatic nitrogens is 1. The summed E-state index contributed by atoms with van der Waals surface area (Å²) in [5.74, 6) is -0.0383. The molecule has 1 fully saturated rings. The predicted octanol–water partition coefficient (Wildman–Crippen LogP) is 3.16. The van der Waals surface area contributed by atoms with E-state index in [1.165, 1.54) is 0 Å². The van der Waals surface area contributed by atoms with Crippen molar-refractivity contribution < 1.29 is 9.53 Å². The molecule has 0 spiro atoms. The Kier molecular flexibility index (Phi) is 5.80. The second-order valence-corrected chi connectivity index (χ2v) is 5.51. The van der Waals surface area contributed by atoms with E-state index >= 15 is 0 Å². The van der Waals surface area contributed by atoms with E-state index in [2.05, 4.69) is 11.9 Å². The van der Waals surface area contributed by atoms with Crippen LogP contribution in [0.15, 0.2) is 18.3 Å². The smallest absolute Gasteiger partial charge is 0.272 e. The third-order valence-electron chi connectivity index (χ3n) is 3.46. The second-order valence-electron chi connectivity index (χ2n) is 5.08. The summed E-state index contributed by atoms with van der Waals surface area (Å²) >= 11 is 5.91. The number of nitrogens with zero attached hydrogens (tertiary/aromatic N) is 2. The first-order chi connectivity index (χ1) is 9.70. The van der Waals surface area contributed by atoms with Gasteiger partial charge in [0.05, 0.1) is 6.10 Å². The van der Waals surface area contributed by atoms with Crippen molar-refractivity contribution in [2.24, 2.45) is 0 Å². The van der Waals surface area contributed by atoms with Crippen LogP contribution in [-0.2, 0) is 4.74 Å². The highest BCUT2D eigenvalue weighted by Crippen LogP contribution is 2.17. The quantitative estimate of drug-likeness (QED) is 0.857. The van der Waals surface area contributed by atoms with Gasteiger partial charge in [0.2, 0.25) is 0 Å². The van der Waals surface area contributed by atoms with Crippen LogP contribution in [0, 0.1) is 0 Å². The zero-order valence-corrected chi connectivity index (χ0v) is 12.6. The molecule has 0 bridgehead atoms. The van der Waals surface area contributed by atoms with E-state index in [4.69, 9.17) is 16.3 Å². The molecule has 2 rings (SSSR count). The van der Waals surface area contributed by atoms with Crippen LogP contribution in [0.3, 0.4) is 0 Å². The maximum Gasteiger partial charge on any atom is 0.272 e. The molecule has 1 aliphatic rings. The Morgan fingerprint density at radius 3 is 3.10 bits per heavy atom. The van der Waals surface area contributed by atoms with Gasteiger partial charge in [0, 0.05) is 30.9 Å². The van der Waals surface area contributed by atoms with Crippen molar-refractivity contribution in [2.45, 2.75) is 38.7 Å². The maximum atomic E-state index is 12.4. The monoisotopic (exact) mass is 296 g/mol. The molecular formula is C15H21ClN2O2.